The number of piperidine rings is 1. The van der Waals surface area contributed by atoms with Gasteiger partial charge in [-0.15, -0.1) is 0 Å². The minimum absolute atomic E-state index is 0.126. The summed E-state index contributed by atoms with van der Waals surface area (Å²) in [5.41, 5.74) is 2.35. The third kappa shape index (κ3) is 6.27. The summed E-state index contributed by atoms with van der Waals surface area (Å²) in [6, 6.07) is 8.45. The van der Waals surface area contributed by atoms with Gasteiger partial charge in [0.15, 0.2) is 5.11 Å². The van der Waals surface area contributed by atoms with Crippen LogP contribution in [-0.4, -0.2) is 35.6 Å². The molecule has 26 heavy (non-hydrogen) atoms. The number of nitrogens with zero attached hydrogens (tertiary/aromatic N) is 1. The van der Waals surface area contributed by atoms with E-state index in [9.17, 15) is 4.79 Å². The Morgan fingerprint density at radius 1 is 1.19 bits per heavy atom. The van der Waals surface area contributed by atoms with Gasteiger partial charge in [0.1, 0.15) is 0 Å². The van der Waals surface area contributed by atoms with Crippen LogP contribution in [0.1, 0.15) is 64.4 Å². The smallest absolute Gasteiger partial charge is 0.223 e. The number of amides is 1. The maximum absolute atomic E-state index is 12.2. The van der Waals surface area contributed by atoms with Gasteiger partial charge in [-0.2, -0.15) is 0 Å². The van der Waals surface area contributed by atoms with Gasteiger partial charge in [0.2, 0.25) is 5.91 Å². The number of hydrogen-bond donors (Lipinski definition) is 2. The SMILES string of the molecule is CCCCCNC(=O)C1CCN(C(=S)Nc2ccc(C(C)C)cc2)CC1. The number of benzene rings is 1. The molecule has 1 aliphatic rings. The normalized spacial score (nSPS) is 15.2. The van der Waals surface area contributed by atoms with Crippen molar-refractivity contribution in [2.45, 2.75) is 58.8 Å². The predicted molar refractivity (Wildman–Crippen MR) is 114 cm³/mol. The molecule has 144 valence electrons. The van der Waals surface area contributed by atoms with E-state index in [1.807, 2.05) is 0 Å². The van der Waals surface area contributed by atoms with Crippen LogP contribution in [0, 0.1) is 5.92 Å². The van der Waals surface area contributed by atoms with Crippen LogP contribution in [0.3, 0.4) is 0 Å². The van der Waals surface area contributed by atoms with Gasteiger partial charge in [0.05, 0.1) is 0 Å². The second-order valence-electron chi connectivity index (χ2n) is 7.47. The Balaban J connectivity index is 1.74. The number of carbonyl (C=O) groups excluding carboxylic acids is 1. The molecular weight excluding hydrogens is 342 g/mol. The van der Waals surface area contributed by atoms with E-state index >= 15 is 0 Å². The summed E-state index contributed by atoms with van der Waals surface area (Å²) in [7, 11) is 0. The molecule has 0 saturated carbocycles. The Bertz CT molecular complexity index is 577. The molecule has 1 aliphatic heterocycles. The van der Waals surface area contributed by atoms with Gasteiger partial charge in [0, 0.05) is 31.2 Å². The molecule has 0 atom stereocenters. The summed E-state index contributed by atoms with van der Waals surface area (Å²) in [4.78, 5) is 14.4. The molecule has 0 bridgehead atoms. The van der Waals surface area contributed by atoms with E-state index in [0.717, 1.165) is 49.7 Å². The highest BCUT2D eigenvalue weighted by atomic mass is 32.1. The van der Waals surface area contributed by atoms with Crippen LogP contribution in [0.2, 0.25) is 0 Å². The monoisotopic (exact) mass is 375 g/mol. The molecule has 1 fully saturated rings. The van der Waals surface area contributed by atoms with E-state index in [2.05, 4.69) is 60.6 Å². The minimum atomic E-state index is 0.126. The van der Waals surface area contributed by atoms with Gasteiger partial charge in [0.25, 0.3) is 0 Å². The number of hydrogen-bond acceptors (Lipinski definition) is 2. The first-order valence-electron chi connectivity index (χ1n) is 9.94. The number of unbranched alkanes of at least 4 members (excludes halogenated alkanes) is 2. The third-order valence-corrected chi connectivity index (χ3v) is 5.42. The summed E-state index contributed by atoms with van der Waals surface area (Å²) in [6.45, 7) is 9.03. The molecule has 0 spiro atoms. The molecule has 0 unspecified atom stereocenters. The molecule has 1 heterocycles. The maximum Gasteiger partial charge on any atom is 0.223 e. The fraction of sp³-hybridized carbons (Fsp3) is 0.619. The molecule has 2 rings (SSSR count). The van der Waals surface area contributed by atoms with Gasteiger partial charge < -0.3 is 15.5 Å². The number of likely N-dealkylation sites (tertiary alicyclic amines) is 1. The summed E-state index contributed by atoms with van der Waals surface area (Å²) >= 11 is 5.56. The van der Waals surface area contributed by atoms with E-state index < -0.39 is 0 Å². The minimum Gasteiger partial charge on any atom is -0.356 e. The average Bonchev–Trinajstić information content (AvgIpc) is 2.65. The van der Waals surface area contributed by atoms with E-state index in [0.29, 0.717) is 5.92 Å². The van der Waals surface area contributed by atoms with Crippen molar-refractivity contribution in [3.05, 3.63) is 29.8 Å². The van der Waals surface area contributed by atoms with Crippen LogP contribution in [0.25, 0.3) is 0 Å². The lowest BCUT2D eigenvalue weighted by Gasteiger charge is -2.33. The van der Waals surface area contributed by atoms with E-state index in [-0.39, 0.29) is 11.8 Å². The zero-order chi connectivity index (χ0) is 18.9. The fourth-order valence-corrected chi connectivity index (χ4v) is 3.53. The molecule has 0 aliphatic carbocycles. The zero-order valence-corrected chi connectivity index (χ0v) is 17.2. The fourth-order valence-electron chi connectivity index (χ4n) is 3.23. The molecule has 1 amide bonds. The van der Waals surface area contributed by atoms with Crippen LogP contribution in [0.4, 0.5) is 5.69 Å². The summed E-state index contributed by atoms with van der Waals surface area (Å²) in [6.07, 6.45) is 5.17. The lowest BCUT2D eigenvalue weighted by atomic mass is 9.96. The highest BCUT2D eigenvalue weighted by Crippen LogP contribution is 2.20. The van der Waals surface area contributed by atoms with Crippen molar-refractivity contribution >= 4 is 28.9 Å². The first kappa shape index (κ1) is 20.7. The van der Waals surface area contributed by atoms with Crippen molar-refractivity contribution in [3.8, 4) is 0 Å². The molecule has 1 aromatic carbocycles. The maximum atomic E-state index is 12.2. The quantitative estimate of drug-likeness (QED) is 0.543. The van der Waals surface area contributed by atoms with E-state index in [4.69, 9.17) is 12.2 Å². The van der Waals surface area contributed by atoms with Gasteiger partial charge >= 0.3 is 0 Å². The first-order valence-corrected chi connectivity index (χ1v) is 10.4. The molecule has 4 nitrogen and oxygen atoms in total. The van der Waals surface area contributed by atoms with Crippen molar-refractivity contribution in [2.75, 3.05) is 25.0 Å². The standard InChI is InChI=1S/C21H33N3OS/c1-4-5-6-13-22-20(25)18-11-14-24(15-12-18)21(26)23-19-9-7-17(8-10-19)16(2)3/h7-10,16,18H,4-6,11-15H2,1-3H3,(H,22,25)(H,23,26). The van der Waals surface area contributed by atoms with Gasteiger partial charge in [-0.05, 0) is 55.1 Å². The topological polar surface area (TPSA) is 44.4 Å². The van der Waals surface area contributed by atoms with Crippen molar-refractivity contribution in [3.63, 3.8) is 0 Å². The lowest BCUT2D eigenvalue weighted by molar-refractivity contribution is -0.126. The third-order valence-electron chi connectivity index (χ3n) is 5.06. The summed E-state index contributed by atoms with van der Waals surface area (Å²) in [5, 5.41) is 7.16. The molecule has 1 aromatic rings. The van der Waals surface area contributed by atoms with Crippen LogP contribution in [0.5, 0.6) is 0 Å². The van der Waals surface area contributed by atoms with Gasteiger partial charge in [-0.1, -0.05) is 45.7 Å². The molecule has 0 radical (unpaired) electrons. The Morgan fingerprint density at radius 2 is 1.85 bits per heavy atom. The van der Waals surface area contributed by atoms with E-state index in [1.165, 1.54) is 18.4 Å². The first-order chi connectivity index (χ1) is 12.5. The Morgan fingerprint density at radius 3 is 2.42 bits per heavy atom. The van der Waals surface area contributed by atoms with Gasteiger partial charge in [-0.3, -0.25) is 4.79 Å². The number of thiocarbonyl (C=S) groups is 1. The summed E-state index contributed by atoms with van der Waals surface area (Å²) < 4.78 is 0. The predicted octanol–water partition coefficient (Wildman–Crippen LogP) is 4.53. The van der Waals surface area contributed by atoms with Crippen molar-refractivity contribution < 1.29 is 4.79 Å². The molecule has 5 heteroatoms. The Kier molecular flexibility index (Phi) is 8.36. The van der Waals surface area contributed by atoms with Crippen LogP contribution >= 0.6 is 12.2 Å². The molecule has 2 N–H and O–H groups in total. The Hall–Kier alpha value is -1.62. The van der Waals surface area contributed by atoms with Crippen molar-refractivity contribution in [2.24, 2.45) is 5.92 Å². The number of anilines is 1. The highest BCUT2D eigenvalue weighted by molar-refractivity contribution is 7.80. The highest BCUT2D eigenvalue weighted by Gasteiger charge is 2.25. The zero-order valence-electron chi connectivity index (χ0n) is 16.4. The van der Waals surface area contributed by atoms with Crippen LogP contribution < -0.4 is 10.6 Å². The van der Waals surface area contributed by atoms with Gasteiger partial charge in [-0.25, -0.2) is 0 Å². The second-order valence-corrected chi connectivity index (χ2v) is 7.85. The lowest BCUT2D eigenvalue weighted by Crippen LogP contribution is -2.44. The van der Waals surface area contributed by atoms with Crippen LogP contribution in [-0.2, 0) is 4.79 Å². The van der Waals surface area contributed by atoms with E-state index in [1.54, 1.807) is 0 Å². The van der Waals surface area contributed by atoms with Crippen molar-refractivity contribution in [1.29, 1.82) is 0 Å². The number of rotatable bonds is 7. The summed E-state index contributed by atoms with van der Waals surface area (Å²) in [5.74, 6) is 0.869. The number of carbonyl (C=O) groups is 1. The van der Waals surface area contributed by atoms with Crippen molar-refractivity contribution in [1.82, 2.24) is 10.2 Å². The molecule has 0 aromatic heterocycles. The number of nitrogens with one attached hydrogen (secondary N) is 2. The molecule has 1 saturated heterocycles. The average molecular weight is 376 g/mol. The molecular formula is C21H33N3OS. The largest absolute Gasteiger partial charge is 0.356 e. The Labute approximate surface area is 163 Å². The van der Waals surface area contributed by atoms with Crippen LogP contribution in [0.15, 0.2) is 24.3 Å². The second kappa shape index (κ2) is 10.5.